The summed E-state index contributed by atoms with van der Waals surface area (Å²) in [6.07, 6.45) is 0. The minimum Gasteiger partial charge on any atom is -0.465 e. The Morgan fingerprint density at radius 3 is 1.61 bits per heavy atom. The lowest BCUT2D eigenvalue weighted by Gasteiger charge is -2.15. The standard InChI is InChI=1S/C12H18O6/c1-5-16-10(13)8(4)9(11(14)17-6-2)12(15)18-7-3/h9H,4-7H2,1-3H3. The molecule has 0 aromatic carbocycles. The first-order valence-corrected chi connectivity index (χ1v) is 5.68. The van der Waals surface area contributed by atoms with Crippen LogP contribution in [0, 0.1) is 5.92 Å². The molecular weight excluding hydrogens is 240 g/mol. The molecule has 0 aliphatic carbocycles. The van der Waals surface area contributed by atoms with Crippen molar-refractivity contribution >= 4 is 17.9 Å². The van der Waals surface area contributed by atoms with E-state index in [2.05, 4.69) is 11.3 Å². The lowest BCUT2D eigenvalue weighted by Crippen LogP contribution is -2.32. The number of ether oxygens (including phenoxy) is 3. The van der Waals surface area contributed by atoms with E-state index in [1.165, 1.54) is 0 Å². The summed E-state index contributed by atoms with van der Waals surface area (Å²) in [5, 5.41) is 0. The highest BCUT2D eigenvalue weighted by Crippen LogP contribution is 2.15. The first kappa shape index (κ1) is 16.1. The highest BCUT2D eigenvalue weighted by molar-refractivity contribution is 6.06. The van der Waals surface area contributed by atoms with Crippen LogP contribution >= 0.6 is 0 Å². The van der Waals surface area contributed by atoms with Gasteiger partial charge in [-0.25, -0.2) is 4.79 Å². The van der Waals surface area contributed by atoms with E-state index in [0.29, 0.717) is 0 Å². The second-order valence-electron chi connectivity index (χ2n) is 3.18. The van der Waals surface area contributed by atoms with Gasteiger partial charge in [0.15, 0.2) is 5.92 Å². The molecule has 0 aromatic rings. The van der Waals surface area contributed by atoms with Crippen molar-refractivity contribution in [2.45, 2.75) is 20.8 Å². The van der Waals surface area contributed by atoms with Crippen molar-refractivity contribution in [3.8, 4) is 0 Å². The molecule has 0 bridgehead atoms. The van der Waals surface area contributed by atoms with Crippen LogP contribution in [0.1, 0.15) is 20.8 Å². The van der Waals surface area contributed by atoms with Crippen LogP contribution in [0.25, 0.3) is 0 Å². The third kappa shape index (κ3) is 4.57. The number of carbonyl (C=O) groups is 3. The molecule has 0 unspecified atom stereocenters. The van der Waals surface area contributed by atoms with Crippen molar-refractivity contribution < 1.29 is 28.6 Å². The molecule has 6 nitrogen and oxygen atoms in total. The maximum absolute atomic E-state index is 11.6. The van der Waals surface area contributed by atoms with E-state index in [4.69, 9.17) is 9.47 Å². The van der Waals surface area contributed by atoms with Gasteiger partial charge in [0.25, 0.3) is 0 Å². The molecule has 0 rings (SSSR count). The molecular formula is C12H18O6. The maximum Gasteiger partial charge on any atom is 0.334 e. The molecule has 18 heavy (non-hydrogen) atoms. The van der Waals surface area contributed by atoms with Gasteiger partial charge >= 0.3 is 17.9 Å². The fraction of sp³-hybridized carbons (Fsp3) is 0.583. The second-order valence-corrected chi connectivity index (χ2v) is 3.18. The molecule has 0 saturated carbocycles. The smallest absolute Gasteiger partial charge is 0.334 e. The third-order valence-corrected chi connectivity index (χ3v) is 1.93. The molecule has 6 heteroatoms. The Kier molecular flexibility index (Phi) is 7.42. The predicted molar refractivity (Wildman–Crippen MR) is 62.5 cm³/mol. The number of esters is 3. The number of rotatable bonds is 7. The highest BCUT2D eigenvalue weighted by Gasteiger charge is 2.36. The first-order chi connectivity index (χ1) is 8.49. The van der Waals surface area contributed by atoms with Crippen LogP contribution in [0.2, 0.25) is 0 Å². The van der Waals surface area contributed by atoms with Crippen LogP contribution in [-0.4, -0.2) is 37.7 Å². The minimum absolute atomic E-state index is 0.0881. The number of hydrogen-bond acceptors (Lipinski definition) is 6. The summed E-state index contributed by atoms with van der Waals surface area (Å²) >= 11 is 0. The largest absolute Gasteiger partial charge is 0.465 e. The minimum atomic E-state index is -1.47. The second kappa shape index (κ2) is 8.27. The van der Waals surface area contributed by atoms with E-state index in [1.54, 1.807) is 20.8 Å². The van der Waals surface area contributed by atoms with Crippen LogP contribution in [0.3, 0.4) is 0 Å². The van der Waals surface area contributed by atoms with E-state index in [-0.39, 0.29) is 25.4 Å². The Bertz CT molecular complexity index is 315. The van der Waals surface area contributed by atoms with E-state index in [0.717, 1.165) is 0 Å². The average Bonchev–Trinajstić information content (AvgIpc) is 2.30. The van der Waals surface area contributed by atoms with Crippen molar-refractivity contribution in [2.75, 3.05) is 19.8 Å². The van der Waals surface area contributed by atoms with E-state index >= 15 is 0 Å². The van der Waals surface area contributed by atoms with Gasteiger partial charge in [-0.05, 0) is 20.8 Å². The molecule has 0 saturated heterocycles. The molecule has 0 radical (unpaired) electrons. The van der Waals surface area contributed by atoms with Gasteiger partial charge in [-0.2, -0.15) is 0 Å². The zero-order valence-electron chi connectivity index (χ0n) is 10.9. The highest BCUT2D eigenvalue weighted by atomic mass is 16.6. The Morgan fingerprint density at radius 1 is 0.889 bits per heavy atom. The third-order valence-electron chi connectivity index (χ3n) is 1.93. The van der Waals surface area contributed by atoms with Gasteiger partial charge < -0.3 is 14.2 Å². The normalized spacial score (nSPS) is 9.78. The van der Waals surface area contributed by atoms with Crippen molar-refractivity contribution in [3.05, 3.63) is 12.2 Å². The molecule has 102 valence electrons. The summed E-state index contributed by atoms with van der Waals surface area (Å²) in [5.41, 5.74) is -0.284. The van der Waals surface area contributed by atoms with Crippen molar-refractivity contribution in [3.63, 3.8) is 0 Å². The SMILES string of the molecule is C=C(C(=O)OCC)C(C(=O)OCC)C(=O)OCC. The summed E-state index contributed by atoms with van der Waals surface area (Å²) in [6, 6.07) is 0. The first-order valence-electron chi connectivity index (χ1n) is 5.68. The lowest BCUT2D eigenvalue weighted by molar-refractivity contribution is -0.161. The predicted octanol–water partition coefficient (Wildman–Crippen LogP) is 0.848. The summed E-state index contributed by atoms with van der Waals surface area (Å²) < 4.78 is 14.1. The quantitative estimate of drug-likeness (QED) is 0.291. The van der Waals surface area contributed by atoms with Crippen molar-refractivity contribution in [1.82, 2.24) is 0 Å². The Hall–Kier alpha value is -1.85. The molecule has 0 aliphatic rings. The van der Waals surface area contributed by atoms with Gasteiger partial charge in [-0.3, -0.25) is 9.59 Å². The summed E-state index contributed by atoms with van der Waals surface area (Å²) in [4.78, 5) is 34.7. The summed E-state index contributed by atoms with van der Waals surface area (Å²) in [7, 11) is 0. The van der Waals surface area contributed by atoms with Gasteiger partial charge in [0.1, 0.15) is 0 Å². The monoisotopic (exact) mass is 258 g/mol. The van der Waals surface area contributed by atoms with Gasteiger partial charge in [0, 0.05) is 0 Å². The van der Waals surface area contributed by atoms with Gasteiger partial charge in [-0.1, -0.05) is 6.58 Å². The van der Waals surface area contributed by atoms with Gasteiger partial charge in [0.2, 0.25) is 0 Å². The lowest BCUT2D eigenvalue weighted by atomic mass is 10.0. The topological polar surface area (TPSA) is 78.9 Å². The summed E-state index contributed by atoms with van der Waals surface area (Å²) in [6.45, 7) is 8.49. The fourth-order valence-electron chi connectivity index (χ4n) is 1.17. The maximum atomic E-state index is 11.6. The van der Waals surface area contributed by atoms with E-state index < -0.39 is 23.8 Å². The number of carbonyl (C=O) groups excluding carboxylic acids is 3. The Morgan fingerprint density at radius 2 is 1.28 bits per heavy atom. The van der Waals surface area contributed by atoms with Crippen molar-refractivity contribution in [2.24, 2.45) is 5.92 Å². The molecule has 0 aliphatic heterocycles. The zero-order valence-corrected chi connectivity index (χ0v) is 10.9. The molecule has 0 fully saturated rings. The van der Waals surface area contributed by atoms with E-state index in [9.17, 15) is 14.4 Å². The van der Waals surface area contributed by atoms with Crippen LogP contribution in [-0.2, 0) is 28.6 Å². The van der Waals surface area contributed by atoms with Gasteiger partial charge in [-0.15, -0.1) is 0 Å². The molecule has 0 atom stereocenters. The van der Waals surface area contributed by atoms with Crippen LogP contribution in [0.4, 0.5) is 0 Å². The fourth-order valence-corrected chi connectivity index (χ4v) is 1.17. The zero-order chi connectivity index (χ0) is 14.1. The molecule has 0 spiro atoms. The molecule has 0 N–H and O–H groups in total. The Balaban J connectivity index is 4.96. The van der Waals surface area contributed by atoms with Gasteiger partial charge in [0.05, 0.1) is 25.4 Å². The van der Waals surface area contributed by atoms with Crippen LogP contribution < -0.4 is 0 Å². The average molecular weight is 258 g/mol. The summed E-state index contributed by atoms with van der Waals surface area (Å²) in [5.74, 6) is -4.02. The Labute approximate surface area is 106 Å². The van der Waals surface area contributed by atoms with Crippen LogP contribution in [0.15, 0.2) is 12.2 Å². The van der Waals surface area contributed by atoms with E-state index in [1.807, 2.05) is 0 Å². The molecule has 0 heterocycles. The van der Waals surface area contributed by atoms with Crippen LogP contribution in [0.5, 0.6) is 0 Å². The molecule has 0 amide bonds. The molecule has 0 aromatic heterocycles. The van der Waals surface area contributed by atoms with Crippen molar-refractivity contribution in [1.29, 1.82) is 0 Å². The number of hydrogen-bond donors (Lipinski definition) is 0.